The molecule has 3 aromatic carbocycles. The zero-order chi connectivity index (χ0) is 15.5. The molecule has 1 amide bonds. The zero-order valence-electron chi connectivity index (χ0n) is 12.2. The van der Waals surface area contributed by atoms with Crippen molar-refractivity contribution in [2.75, 3.05) is 18.2 Å². The van der Waals surface area contributed by atoms with Crippen LogP contribution in [0.1, 0.15) is 10.4 Å². The van der Waals surface area contributed by atoms with Gasteiger partial charge >= 0.3 is 0 Å². The van der Waals surface area contributed by atoms with Crippen molar-refractivity contribution < 1.29 is 9.53 Å². The Morgan fingerprint density at radius 1 is 1.00 bits per heavy atom. The normalized spacial score (nSPS) is 10.4. The number of carbonyl (C=O) groups excluding carboxylic acids is 1. The average Bonchev–Trinajstić information content (AvgIpc) is 2.55. The lowest BCUT2D eigenvalue weighted by Crippen LogP contribution is -2.12. The molecule has 0 aliphatic rings. The van der Waals surface area contributed by atoms with Crippen LogP contribution in [0.2, 0.25) is 0 Å². The van der Waals surface area contributed by atoms with Gasteiger partial charge in [0, 0.05) is 17.3 Å². The summed E-state index contributed by atoms with van der Waals surface area (Å²) in [6.07, 6.45) is 0. The van der Waals surface area contributed by atoms with Crippen LogP contribution in [0, 0.1) is 0 Å². The number of hydrogen-bond donors (Lipinski definition) is 2. The number of fused-ring (bicyclic) bond motifs is 1. The van der Waals surface area contributed by atoms with E-state index in [0.29, 0.717) is 22.7 Å². The van der Waals surface area contributed by atoms with Crippen molar-refractivity contribution in [3.05, 3.63) is 66.2 Å². The van der Waals surface area contributed by atoms with Crippen LogP contribution < -0.4 is 15.8 Å². The molecule has 0 heterocycles. The minimum Gasteiger partial charge on any atom is -0.494 e. The van der Waals surface area contributed by atoms with E-state index in [2.05, 4.69) is 5.32 Å². The molecule has 0 aromatic heterocycles. The maximum atomic E-state index is 12.4. The van der Waals surface area contributed by atoms with Gasteiger partial charge in [-0.3, -0.25) is 4.79 Å². The lowest BCUT2D eigenvalue weighted by Gasteiger charge is -2.11. The molecule has 0 saturated carbocycles. The zero-order valence-corrected chi connectivity index (χ0v) is 12.2. The fourth-order valence-electron chi connectivity index (χ4n) is 2.34. The number of benzene rings is 3. The van der Waals surface area contributed by atoms with Crippen LogP contribution in [0.4, 0.5) is 11.4 Å². The molecular formula is C18H16N2O2. The highest BCUT2D eigenvalue weighted by Crippen LogP contribution is 2.27. The predicted octanol–water partition coefficient (Wildman–Crippen LogP) is 3.68. The molecule has 0 aliphatic carbocycles. The average molecular weight is 292 g/mol. The quantitative estimate of drug-likeness (QED) is 0.724. The minimum atomic E-state index is -0.186. The highest BCUT2D eigenvalue weighted by atomic mass is 16.5. The summed E-state index contributed by atoms with van der Waals surface area (Å²) >= 11 is 0. The second-order valence-electron chi connectivity index (χ2n) is 4.98. The second-order valence-corrected chi connectivity index (χ2v) is 4.98. The van der Waals surface area contributed by atoms with Crippen molar-refractivity contribution in [2.45, 2.75) is 0 Å². The van der Waals surface area contributed by atoms with Crippen molar-refractivity contribution in [2.24, 2.45) is 0 Å². The number of nitrogens with one attached hydrogen (secondary N) is 1. The second kappa shape index (κ2) is 5.77. The van der Waals surface area contributed by atoms with Gasteiger partial charge in [0.15, 0.2) is 0 Å². The van der Waals surface area contributed by atoms with Crippen LogP contribution in [0.15, 0.2) is 60.7 Å². The summed E-state index contributed by atoms with van der Waals surface area (Å²) in [5, 5.41) is 4.98. The van der Waals surface area contributed by atoms with E-state index in [0.717, 1.165) is 10.8 Å². The van der Waals surface area contributed by atoms with Crippen LogP contribution in [-0.2, 0) is 0 Å². The summed E-state index contributed by atoms with van der Waals surface area (Å²) in [5.74, 6) is 0.350. The number of nitrogens with two attached hydrogens (primary N) is 1. The molecular weight excluding hydrogens is 276 g/mol. The SMILES string of the molecule is COc1cc(N)ccc1NC(=O)c1ccc2ccccc2c1. The molecule has 3 N–H and O–H groups in total. The third kappa shape index (κ3) is 2.72. The van der Waals surface area contributed by atoms with Crippen molar-refractivity contribution in [1.82, 2.24) is 0 Å². The number of rotatable bonds is 3. The first-order valence-electron chi connectivity index (χ1n) is 6.91. The molecule has 0 bridgehead atoms. The van der Waals surface area contributed by atoms with Gasteiger partial charge in [-0.2, -0.15) is 0 Å². The van der Waals surface area contributed by atoms with Gasteiger partial charge in [-0.25, -0.2) is 0 Å². The van der Waals surface area contributed by atoms with E-state index < -0.39 is 0 Å². The summed E-state index contributed by atoms with van der Waals surface area (Å²) in [7, 11) is 1.54. The molecule has 0 saturated heterocycles. The summed E-state index contributed by atoms with van der Waals surface area (Å²) < 4.78 is 5.24. The molecule has 110 valence electrons. The summed E-state index contributed by atoms with van der Waals surface area (Å²) in [6, 6.07) is 18.7. The summed E-state index contributed by atoms with van der Waals surface area (Å²) in [6.45, 7) is 0. The Kier molecular flexibility index (Phi) is 3.66. The highest BCUT2D eigenvalue weighted by molar-refractivity contribution is 6.07. The van der Waals surface area contributed by atoms with Gasteiger partial charge in [0.25, 0.3) is 5.91 Å². The van der Waals surface area contributed by atoms with Gasteiger partial charge in [-0.1, -0.05) is 30.3 Å². The first-order chi connectivity index (χ1) is 10.7. The predicted molar refractivity (Wildman–Crippen MR) is 89.3 cm³/mol. The van der Waals surface area contributed by atoms with Gasteiger partial charge in [0.1, 0.15) is 5.75 Å². The molecule has 22 heavy (non-hydrogen) atoms. The smallest absolute Gasteiger partial charge is 0.255 e. The molecule has 0 atom stereocenters. The molecule has 3 aromatic rings. The van der Waals surface area contributed by atoms with Crippen molar-refractivity contribution in [3.63, 3.8) is 0 Å². The Bertz CT molecular complexity index is 843. The van der Waals surface area contributed by atoms with Gasteiger partial charge in [-0.15, -0.1) is 0 Å². The fourth-order valence-corrected chi connectivity index (χ4v) is 2.34. The van der Waals surface area contributed by atoms with Crippen molar-refractivity contribution in [3.8, 4) is 5.75 Å². The first-order valence-corrected chi connectivity index (χ1v) is 6.91. The number of methoxy groups -OCH3 is 1. The number of nitrogen functional groups attached to an aromatic ring is 1. The third-order valence-corrected chi connectivity index (χ3v) is 3.49. The number of amides is 1. The summed E-state index contributed by atoms with van der Waals surface area (Å²) in [5.41, 5.74) is 7.49. The molecule has 0 radical (unpaired) electrons. The largest absolute Gasteiger partial charge is 0.494 e. The minimum absolute atomic E-state index is 0.186. The van der Waals surface area contributed by atoms with Crippen LogP contribution in [0.5, 0.6) is 5.75 Å². The molecule has 0 aliphatic heterocycles. The number of hydrogen-bond acceptors (Lipinski definition) is 3. The molecule has 0 fully saturated rings. The van der Waals surface area contributed by atoms with E-state index in [9.17, 15) is 4.79 Å². The van der Waals surface area contributed by atoms with Gasteiger partial charge in [-0.05, 0) is 35.0 Å². The molecule has 0 spiro atoms. The molecule has 0 unspecified atom stereocenters. The molecule has 3 rings (SSSR count). The maximum Gasteiger partial charge on any atom is 0.255 e. The number of carbonyl (C=O) groups is 1. The van der Waals surface area contributed by atoms with Gasteiger partial charge in [0.05, 0.1) is 12.8 Å². The monoisotopic (exact) mass is 292 g/mol. The molecule has 4 heteroatoms. The van der Waals surface area contributed by atoms with Crippen LogP contribution in [0.3, 0.4) is 0 Å². The van der Waals surface area contributed by atoms with Crippen LogP contribution in [0.25, 0.3) is 10.8 Å². The van der Waals surface area contributed by atoms with Crippen molar-refractivity contribution in [1.29, 1.82) is 0 Å². The maximum absolute atomic E-state index is 12.4. The van der Waals surface area contributed by atoms with E-state index in [4.69, 9.17) is 10.5 Å². The van der Waals surface area contributed by atoms with E-state index in [1.165, 1.54) is 0 Å². The Morgan fingerprint density at radius 3 is 2.55 bits per heavy atom. The Morgan fingerprint density at radius 2 is 1.77 bits per heavy atom. The van der Waals surface area contributed by atoms with E-state index >= 15 is 0 Å². The molecule has 4 nitrogen and oxygen atoms in total. The Balaban J connectivity index is 1.90. The standard InChI is InChI=1S/C18H16N2O2/c1-22-17-11-15(19)8-9-16(17)20-18(21)14-7-6-12-4-2-3-5-13(12)10-14/h2-11H,19H2,1H3,(H,20,21). The Labute approximate surface area is 128 Å². The van der Waals surface area contributed by atoms with E-state index in [1.54, 1.807) is 31.4 Å². The number of ether oxygens (including phenoxy) is 1. The highest BCUT2D eigenvalue weighted by Gasteiger charge is 2.10. The van der Waals surface area contributed by atoms with E-state index in [-0.39, 0.29) is 5.91 Å². The Hall–Kier alpha value is -3.01. The van der Waals surface area contributed by atoms with E-state index in [1.807, 2.05) is 36.4 Å². The lowest BCUT2D eigenvalue weighted by atomic mass is 10.1. The first kappa shape index (κ1) is 13.9. The fraction of sp³-hybridized carbons (Fsp3) is 0.0556. The third-order valence-electron chi connectivity index (χ3n) is 3.49. The number of anilines is 2. The van der Waals surface area contributed by atoms with Crippen LogP contribution in [-0.4, -0.2) is 13.0 Å². The summed E-state index contributed by atoms with van der Waals surface area (Å²) in [4.78, 5) is 12.4. The van der Waals surface area contributed by atoms with Crippen molar-refractivity contribution >= 4 is 28.1 Å². The van der Waals surface area contributed by atoms with Gasteiger partial charge in [0.2, 0.25) is 0 Å². The topological polar surface area (TPSA) is 64.3 Å². The van der Waals surface area contributed by atoms with Crippen LogP contribution >= 0.6 is 0 Å². The van der Waals surface area contributed by atoms with Gasteiger partial charge < -0.3 is 15.8 Å². The lowest BCUT2D eigenvalue weighted by molar-refractivity contribution is 0.102.